The van der Waals surface area contributed by atoms with E-state index in [0.29, 0.717) is 12.3 Å². The molecule has 0 radical (unpaired) electrons. The molecule has 7 nitrogen and oxygen atoms in total. The van der Waals surface area contributed by atoms with Gasteiger partial charge in [0.1, 0.15) is 17.9 Å². The number of ether oxygens (including phenoxy) is 2. The van der Waals surface area contributed by atoms with Crippen LogP contribution < -0.4 is 14.8 Å². The van der Waals surface area contributed by atoms with Crippen LogP contribution in [0.4, 0.5) is 5.69 Å². The molecule has 7 heteroatoms. The molecule has 0 saturated heterocycles. The number of nitrogens with zero attached hydrogens (tertiary/aromatic N) is 2. The first-order valence-corrected chi connectivity index (χ1v) is 6.57. The molecule has 0 fully saturated rings. The lowest BCUT2D eigenvalue weighted by Gasteiger charge is -2.23. The van der Waals surface area contributed by atoms with Crippen molar-refractivity contribution in [1.82, 2.24) is 5.32 Å². The van der Waals surface area contributed by atoms with Crippen molar-refractivity contribution in [2.24, 2.45) is 0 Å². The topological polar surface area (TPSA) is 97.4 Å². The fraction of sp³-hybridized carbons (Fsp3) is 0.500. The molecule has 0 spiro atoms. The van der Waals surface area contributed by atoms with Crippen LogP contribution in [0.2, 0.25) is 0 Å². The van der Waals surface area contributed by atoms with E-state index in [1.807, 2.05) is 6.92 Å². The quantitative estimate of drug-likeness (QED) is 0.583. The van der Waals surface area contributed by atoms with Gasteiger partial charge in [-0.15, -0.1) is 0 Å². The van der Waals surface area contributed by atoms with Gasteiger partial charge >= 0.3 is 5.69 Å². The molecule has 114 valence electrons. The lowest BCUT2D eigenvalue weighted by atomic mass is 10.1. The normalized spacial score (nSPS) is 13.0. The molecule has 0 aliphatic rings. The highest BCUT2D eigenvalue weighted by molar-refractivity contribution is 5.51. The van der Waals surface area contributed by atoms with Crippen molar-refractivity contribution in [3.63, 3.8) is 0 Å². The van der Waals surface area contributed by atoms with E-state index in [9.17, 15) is 15.4 Å². The molecule has 0 aromatic heterocycles. The van der Waals surface area contributed by atoms with E-state index >= 15 is 0 Å². The Bertz CT molecular complexity index is 542. The van der Waals surface area contributed by atoms with Gasteiger partial charge in [0.15, 0.2) is 5.75 Å². The van der Waals surface area contributed by atoms with Gasteiger partial charge in [-0.3, -0.25) is 15.4 Å². The van der Waals surface area contributed by atoms with Crippen molar-refractivity contribution in [1.29, 1.82) is 5.26 Å². The van der Waals surface area contributed by atoms with E-state index in [1.165, 1.54) is 19.2 Å². The van der Waals surface area contributed by atoms with Crippen molar-refractivity contribution in [3.8, 4) is 17.6 Å². The Kier molecular flexibility index (Phi) is 5.93. The highest BCUT2D eigenvalue weighted by Crippen LogP contribution is 2.31. The van der Waals surface area contributed by atoms with Crippen LogP contribution in [-0.4, -0.2) is 30.7 Å². The predicted molar refractivity (Wildman–Crippen MR) is 77.5 cm³/mol. The maximum Gasteiger partial charge on any atom is 0.314 e. The standard InChI is InChI=1S/C14H19N3O4/c1-4-7-16-14(2,9-15)10-21-13-6-5-11(20-3)8-12(13)17(18)19/h5-6,8,16H,4,7,10H2,1-3H3. The zero-order valence-corrected chi connectivity index (χ0v) is 12.4. The van der Waals surface area contributed by atoms with E-state index in [-0.39, 0.29) is 18.0 Å². The molecule has 1 N–H and O–H groups in total. The number of rotatable bonds is 8. The minimum Gasteiger partial charge on any atom is -0.496 e. The minimum absolute atomic E-state index is 0.0106. The van der Waals surface area contributed by atoms with E-state index in [4.69, 9.17) is 9.47 Å². The number of nitro groups is 1. The highest BCUT2D eigenvalue weighted by atomic mass is 16.6. The second-order valence-electron chi connectivity index (χ2n) is 4.75. The van der Waals surface area contributed by atoms with Gasteiger partial charge in [0.05, 0.1) is 24.2 Å². The summed E-state index contributed by atoms with van der Waals surface area (Å²) in [5, 5.41) is 23.3. The molecule has 1 aromatic carbocycles. The lowest BCUT2D eigenvalue weighted by molar-refractivity contribution is -0.386. The Labute approximate surface area is 123 Å². The van der Waals surface area contributed by atoms with Crippen molar-refractivity contribution in [2.45, 2.75) is 25.8 Å². The molecular formula is C14H19N3O4. The summed E-state index contributed by atoms with van der Waals surface area (Å²) >= 11 is 0. The first-order chi connectivity index (χ1) is 9.95. The fourth-order valence-corrected chi connectivity index (χ4v) is 1.63. The molecule has 0 aliphatic heterocycles. The maximum atomic E-state index is 11.0. The van der Waals surface area contributed by atoms with Gasteiger partial charge in [0.2, 0.25) is 0 Å². The summed E-state index contributed by atoms with van der Waals surface area (Å²) in [5.74, 6) is 0.488. The van der Waals surface area contributed by atoms with Crippen molar-refractivity contribution in [2.75, 3.05) is 20.3 Å². The Morgan fingerprint density at radius 2 is 2.24 bits per heavy atom. The molecule has 0 heterocycles. The van der Waals surface area contributed by atoms with Crippen molar-refractivity contribution >= 4 is 5.69 Å². The van der Waals surface area contributed by atoms with Gasteiger partial charge in [-0.2, -0.15) is 5.26 Å². The van der Waals surface area contributed by atoms with Gasteiger partial charge in [-0.1, -0.05) is 6.92 Å². The van der Waals surface area contributed by atoms with E-state index in [2.05, 4.69) is 11.4 Å². The summed E-state index contributed by atoms with van der Waals surface area (Å²) in [7, 11) is 1.43. The molecule has 1 atom stereocenters. The van der Waals surface area contributed by atoms with E-state index in [0.717, 1.165) is 6.42 Å². The zero-order chi connectivity index (χ0) is 15.9. The van der Waals surface area contributed by atoms with E-state index < -0.39 is 10.5 Å². The number of nitrogens with one attached hydrogen (secondary N) is 1. The Hall–Kier alpha value is -2.33. The third kappa shape index (κ3) is 4.61. The maximum absolute atomic E-state index is 11.0. The predicted octanol–water partition coefficient (Wildman–Crippen LogP) is 2.26. The van der Waals surface area contributed by atoms with Crippen LogP contribution >= 0.6 is 0 Å². The van der Waals surface area contributed by atoms with Crippen LogP contribution in [0.3, 0.4) is 0 Å². The second kappa shape index (κ2) is 7.45. The van der Waals surface area contributed by atoms with Gasteiger partial charge in [-0.05, 0) is 32.0 Å². The van der Waals surface area contributed by atoms with Gasteiger partial charge in [-0.25, -0.2) is 0 Å². The first kappa shape index (κ1) is 16.7. The summed E-state index contributed by atoms with van der Waals surface area (Å²) in [5.41, 5.74) is -1.09. The fourth-order valence-electron chi connectivity index (χ4n) is 1.63. The molecule has 0 aliphatic carbocycles. The highest BCUT2D eigenvalue weighted by Gasteiger charge is 2.26. The molecule has 0 amide bonds. The Morgan fingerprint density at radius 1 is 1.52 bits per heavy atom. The number of nitriles is 1. The number of hydrogen-bond acceptors (Lipinski definition) is 6. The number of methoxy groups -OCH3 is 1. The molecular weight excluding hydrogens is 274 g/mol. The van der Waals surface area contributed by atoms with Crippen molar-refractivity contribution in [3.05, 3.63) is 28.3 Å². The van der Waals surface area contributed by atoms with Gasteiger partial charge in [0.25, 0.3) is 0 Å². The Morgan fingerprint density at radius 3 is 2.76 bits per heavy atom. The Balaban J connectivity index is 2.88. The summed E-state index contributed by atoms with van der Waals surface area (Å²) in [6.07, 6.45) is 0.875. The smallest absolute Gasteiger partial charge is 0.314 e. The van der Waals surface area contributed by atoms with Crippen LogP contribution in [0.5, 0.6) is 11.5 Å². The average Bonchev–Trinajstić information content (AvgIpc) is 2.50. The van der Waals surface area contributed by atoms with Crippen LogP contribution in [0.15, 0.2) is 18.2 Å². The molecule has 1 aromatic rings. The summed E-state index contributed by atoms with van der Waals surface area (Å²) in [6.45, 7) is 4.35. The third-order valence-corrected chi connectivity index (χ3v) is 2.89. The summed E-state index contributed by atoms with van der Waals surface area (Å²) < 4.78 is 10.4. The molecule has 1 unspecified atom stereocenters. The van der Waals surface area contributed by atoms with Crippen LogP contribution in [0, 0.1) is 21.4 Å². The zero-order valence-electron chi connectivity index (χ0n) is 12.4. The summed E-state index contributed by atoms with van der Waals surface area (Å²) in [4.78, 5) is 10.5. The molecule has 0 saturated carbocycles. The molecule has 21 heavy (non-hydrogen) atoms. The van der Waals surface area contributed by atoms with Gasteiger partial charge in [0, 0.05) is 0 Å². The van der Waals surface area contributed by atoms with Crippen LogP contribution in [0.25, 0.3) is 0 Å². The number of hydrogen-bond donors (Lipinski definition) is 1. The SMILES string of the molecule is CCCNC(C)(C#N)COc1ccc(OC)cc1[N+](=O)[O-]. The largest absolute Gasteiger partial charge is 0.496 e. The molecule has 1 rings (SSSR count). The molecule has 0 bridgehead atoms. The second-order valence-corrected chi connectivity index (χ2v) is 4.75. The van der Waals surface area contributed by atoms with Crippen LogP contribution in [0.1, 0.15) is 20.3 Å². The van der Waals surface area contributed by atoms with Crippen molar-refractivity contribution < 1.29 is 14.4 Å². The van der Waals surface area contributed by atoms with E-state index in [1.54, 1.807) is 13.0 Å². The summed E-state index contributed by atoms with van der Waals surface area (Å²) in [6, 6.07) is 6.46. The average molecular weight is 293 g/mol. The van der Waals surface area contributed by atoms with Crippen LogP contribution in [-0.2, 0) is 0 Å². The number of benzene rings is 1. The first-order valence-electron chi connectivity index (χ1n) is 6.57. The monoisotopic (exact) mass is 293 g/mol. The van der Waals surface area contributed by atoms with Gasteiger partial charge < -0.3 is 9.47 Å². The third-order valence-electron chi connectivity index (χ3n) is 2.89. The lowest BCUT2D eigenvalue weighted by Crippen LogP contribution is -2.46. The number of nitro benzene ring substituents is 1. The minimum atomic E-state index is -0.899.